The molecular formula is C13H10ClNO3S. The maximum atomic E-state index is 12.0. The van der Waals surface area contributed by atoms with E-state index >= 15 is 0 Å². The normalized spacial score (nSPS) is 10.2. The van der Waals surface area contributed by atoms with Crippen LogP contribution < -0.4 is 5.32 Å². The number of benzene rings is 1. The number of nitrogens with one attached hydrogen (secondary N) is 1. The van der Waals surface area contributed by atoms with E-state index < -0.39 is 5.97 Å². The summed E-state index contributed by atoms with van der Waals surface area (Å²) in [5.74, 6) is -1.31. The molecule has 0 atom stereocenters. The lowest BCUT2D eigenvalue weighted by Crippen LogP contribution is -2.12. The number of carbonyl (C=O) groups is 2. The van der Waals surface area contributed by atoms with Gasteiger partial charge in [-0.2, -0.15) is 0 Å². The molecule has 6 heteroatoms. The van der Waals surface area contributed by atoms with Crippen LogP contribution in [0.2, 0.25) is 5.02 Å². The van der Waals surface area contributed by atoms with Gasteiger partial charge in [-0.25, -0.2) is 4.79 Å². The zero-order valence-electron chi connectivity index (χ0n) is 9.94. The first-order valence-corrected chi connectivity index (χ1v) is 6.63. The molecule has 1 amide bonds. The van der Waals surface area contributed by atoms with Gasteiger partial charge in [0, 0.05) is 0 Å². The maximum Gasteiger partial charge on any atom is 0.335 e. The molecule has 98 valence electrons. The second kappa shape index (κ2) is 5.42. The van der Waals surface area contributed by atoms with E-state index in [0.717, 1.165) is 5.56 Å². The standard InChI is InChI=1S/C13H10ClNO3S/c1-7-4-5-19-11(7)12(16)15-10-3-2-8(13(17)18)6-9(10)14/h2-6H,1H3,(H,15,16)(H,17,18). The van der Waals surface area contributed by atoms with E-state index in [2.05, 4.69) is 5.32 Å². The Morgan fingerprint density at radius 2 is 2.05 bits per heavy atom. The largest absolute Gasteiger partial charge is 0.478 e. The minimum Gasteiger partial charge on any atom is -0.478 e. The second-order valence-electron chi connectivity index (χ2n) is 3.89. The van der Waals surface area contributed by atoms with Crippen molar-refractivity contribution in [1.29, 1.82) is 0 Å². The summed E-state index contributed by atoms with van der Waals surface area (Å²) in [4.78, 5) is 23.4. The smallest absolute Gasteiger partial charge is 0.335 e. The number of hydrogen-bond acceptors (Lipinski definition) is 3. The van der Waals surface area contributed by atoms with Gasteiger partial charge in [0.05, 0.1) is 21.2 Å². The average Bonchev–Trinajstić information content (AvgIpc) is 2.77. The lowest BCUT2D eigenvalue weighted by Gasteiger charge is -2.07. The van der Waals surface area contributed by atoms with Crippen LogP contribution >= 0.6 is 22.9 Å². The SMILES string of the molecule is Cc1ccsc1C(=O)Nc1ccc(C(=O)O)cc1Cl. The Morgan fingerprint density at radius 1 is 1.32 bits per heavy atom. The highest BCUT2D eigenvalue weighted by Gasteiger charge is 2.13. The molecule has 0 aliphatic carbocycles. The Balaban J connectivity index is 2.23. The van der Waals surface area contributed by atoms with E-state index in [-0.39, 0.29) is 16.5 Å². The van der Waals surface area contributed by atoms with Crippen molar-refractivity contribution in [3.8, 4) is 0 Å². The fourth-order valence-electron chi connectivity index (χ4n) is 1.53. The molecule has 0 saturated carbocycles. The van der Waals surface area contributed by atoms with E-state index in [1.54, 1.807) is 0 Å². The summed E-state index contributed by atoms with van der Waals surface area (Å²) in [5, 5.41) is 13.5. The van der Waals surface area contributed by atoms with Crippen LogP contribution in [0.15, 0.2) is 29.6 Å². The van der Waals surface area contributed by atoms with E-state index in [4.69, 9.17) is 16.7 Å². The van der Waals surface area contributed by atoms with Crippen LogP contribution in [-0.4, -0.2) is 17.0 Å². The molecular weight excluding hydrogens is 286 g/mol. The molecule has 1 heterocycles. The molecule has 0 radical (unpaired) electrons. The number of halogens is 1. The van der Waals surface area contributed by atoms with Gasteiger partial charge < -0.3 is 10.4 Å². The molecule has 2 aromatic rings. The van der Waals surface area contributed by atoms with Crippen LogP contribution in [0.25, 0.3) is 0 Å². The van der Waals surface area contributed by atoms with E-state index in [9.17, 15) is 9.59 Å². The van der Waals surface area contributed by atoms with Gasteiger partial charge in [0.1, 0.15) is 0 Å². The number of anilines is 1. The third-order valence-corrected chi connectivity index (χ3v) is 3.86. The summed E-state index contributed by atoms with van der Waals surface area (Å²) in [6.45, 7) is 1.85. The molecule has 0 aliphatic rings. The number of amides is 1. The molecule has 1 aromatic heterocycles. The Labute approximate surface area is 118 Å². The molecule has 19 heavy (non-hydrogen) atoms. The Bertz CT molecular complexity index is 651. The van der Waals surface area contributed by atoms with Crippen LogP contribution in [0, 0.1) is 6.92 Å². The summed E-state index contributed by atoms with van der Waals surface area (Å²) in [6, 6.07) is 6.03. The van der Waals surface area contributed by atoms with Gasteiger partial charge in [0.25, 0.3) is 5.91 Å². The molecule has 0 spiro atoms. The highest BCUT2D eigenvalue weighted by atomic mass is 35.5. The van der Waals surface area contributed by atoms with Gasteiger partial charge in [-0.3, -0.25) is 4.79 Å². The Kier molecular flexibility index (Phi) is 3.87. The van der Waals surface area contributed by atoms with Crippen LogP contribution in [-0.2, 0) is 0 Å². The van der Waals surface area contributed by atoms with Gasteiger partial charge in [-0.15, -0.1) is 11.3 Å². The number of rotatable bonds is 3. The number of carboxylic acids is 1. The van der Waals surface area contributed by atoms with Crippen molar-refractivity contribution in [3.05, 3.63) is 50.7 Å². The zero-order valence-corrected chi connectivity index (χ0v) is 11.5. The first-order valence-electron chi connectivity index (χ1n) is 5.37. The zero-order chi connectivity index (χ0) is 14.0. The summed E-state index contributed by atoms with van der Waals surface area (Å²) in [5.41, 5.74) is 1.36. The number of carboxylic acid groups (broad SMARTS) is 1. The van der Waals surface area contributed by atoms with Gasteiger partial charge in [0.15, 0.2) is 0 Å². The summed E-state index contributed by atoms with van der Waals surface area (Å²) < 4.78 is 0. The number of aryl methyl sites for hydroxylation is 1. The fourth-order valence-corrected chi connectivity index (χ4v) is 2.58. The summed E-state index contributed by atoms with van der Waals surface area (Å²) in [6.07, 6.45) is 0. The highest BCUT2D eigenvalue weighted by Crippen LogP contribution is 2.25. The molecule has 1 aromatic carbocycles. The quantitative estimate of drug-likeness (QED) is 0.908. The van der Waals surface area contributed by atoms with E-state index in [0.29, 0.717) is 10.6 Å². The highest BCUT2D eigenvalue weighted by molar-refractivity contribution is 7.12. The topological polar surface area (TPSA) is 66.4 Å². The summed E-state index contributed by atoms with van der Waals surface area (Å²) in [7, 11) is 0. The van der Waals surface area contributed by atoms with Gasteiger partial charge >= 0.3 is 5.97 Å². The van der Waals surface area contributed by atoms with Crippen LogP contribution in [0.3, 0.4) is 0 Å². The minimum atomic E-state index is -1.06. The molecule has 2 N–H and O–H groups in total. The maximum absolute atomic E-state index is 12.0. The predicted octanol–water partition coefficient (Wildman–Crippen LogP) is 3.66. The van der Waals surface area contributed by atoms with Crippen LogP contribution in [0.5, 0.6) is 0 Å². The van der Waals surface area contributed by atoms with E-state index in [1.807, 2.05) is 18.4 Å². The molecule has 2 rings (SSSR count). The van der Waals surface area contributed by atoms with Crippen molar-refractivity contribution >= 4 is 40.5 Å². The van der Waals surface area contributed by atoms with Crippen molar-refractivity contribution in [3.63, 3.8) is 0 Å². The number of thiophene rings is 1. The van der Waals surface area contributed by atoms with Crippen molar-refractivity contribution in [1.82, 2.24) is 0 Å². The first kappa shape index (κ1) is 13.6. The lowest BCUT2D eigenvalue weighted by atomic mass is 10.2. The molecule has 0 saturated heterocycles. The fraction of sp³-hybridized carbons (Fsp3) is 0.0769. The lowest BCUT2D eigenvalue weighted by molar-refractivity contribution is 0.0696. The third kappa shape index (κ3) is 2.94. The first-order chi connectivity index (χ1) is 8.99. The van der Waals surface area contributed by atoms with Gasteiger partial charge in [-0.05, 0) is 42.1 Å². The average molecular weight is 296 g/mol. The monoisotopic (exact) mass is 295 g/mol. The van der Waals surface area contributed by atoms with Crippen LogP contribution in [0.4, 0.5) is 5.69 Å². The number of aromatic carboxylic acids is 1. The van der Waals surface area contributed by atoms with Crippen molar-refractivity contribution in [2.45, 2.75) is 6.92 Å². The predicted molar refractivity (Wildman–Crippen MR) is 75.4 cm³/mol. The molecule has 0 bridgehead atoms. The minimum absolute atomic E-state index is 0.0790. The number of hydrogen-bond donors (Lipinski definition) is 2. The Hall–Kier alpha value is -1.85. The van der Waals surface area contributed by atoms with E-state index in [1.165, 1.54) is 29.5 Å². The third-order valence-electron chi connectivity index (χ3n) is 2.53. The number of carbonyl (C=O) groups excluding carboxylic acids is 1. The van der Waals surface area contributed by atoms with Crippen LogP contribution in [0.1, 0.15) is 25.6 Å². The molecule has 0 aliphatic heterocycles. The molecule has 0 fully saturated rings. The van der Waals surface area contributed by atoms with Gasteiger partial charge in [0.2, 0.25) is 0 Å². The Morgan fingerprint density at radius 3 is 2.58 bits per heavy atom. The van der Waals surface area contributed by atoms with Gasteiger partial charge in [-0.1, -0.05) is 11.6 Å². The molecule has 0 unspecified atom stereocenters. The second-order valence-corrected chi connectivity index (χ2v) is 5.21. The van der Waals surface area contributed by atoms with Crippen molar-refractivity contribution < 1.29 is 14.7 Å². The summed E-state index contributed by atoms with van der Waals surface area (Å²) >= 11 is 7.29. The van der Waals surface area contributed by atoms with Crippen molar-refractivity contribution in [2.75, 3.05) is 5.32 Å². The molecule has 4 nitrogen and oxygen atoms in total. The van der Waals surface area contributed by atoms with Crippen molar-refractivity contribution in [2.24, 2.45) is 0 Å².